The number of furan rings is 1. The number of hydrogen-bond acceptors (Lipinski definition) is 13. The zero-order valence-electron chi connectivity index (χ0n) is 71.3. The molecule has 0 bridgehead atoms. The van der Waals surface area contributed by atoms with Gasteiger partial charge >= 0.3 is 11.4 Å². The van der Waals surface area contributed by atoms with Crippen molar-refractivity contribution < 1.29 is 47.8 Å². The highest BCUT2D eigenvalue weighted by molar-refractivity contribution is 7.25. The predicted molar refractivity (Wildman–Crippen MR) is 410 cm³/mol. The zero-order chi connectivity index (χ0) is 83.7. The number of benzene rings is 1. The van der Waals surface area contributed by atoms with Crippen molar-refractivity contribution in [2.24, 2.45) is 41.9 Å². The van der Waals surface area contributed by atoms with E-state index in [-0.39, 0.29) is 0 Å². The third-order valence-corrected chi connectivity index (χ3v) is 23.5. The third kappa shape index (κ3) is 8.64. The van der Waals surface area contributed by atoms with E-state index in [0.29, 0.717) is 78.3 Å². The highest BCUT2D eigenvalue weighted by Crippen LogP contribution is 2.44. The van der Waals surface area contributed by atoms with Crippen LogP contribution in [0.1, 0.15) is 48.4 Å². The highest BCUT2D eigenvalue weighted by atomic mass is 32.1. The van der Waals surface area contributed by atoms with Crippen LogP contribution >= 0.6 is 22.7 Å². The lowest BCUT2D eigenvalue weighted by molar-refractivity contribution is -0.644. The van der Waals surface area contributed by atoms with Crippen molar-refractivity contribution in [2.45, 2.75) is 32.7 Å². The first-order valence-corrected chi connectivity index (χ1v) is 35.8. The van der Waals surface area contributed by atoms with Gasteiger partial charge in [-0.3, -0.25) is 54.4 Å². The summed E-state index contributed by atoms with van der Waals surface area (Å²) in [5, 5.41) is 5.72. The first kappa shape index (κ1) is 47.8. The third-order valence-electron chi connectivity index (χ3n) is 21.1. The van der Waals surface area contributed by atoms with E-state index >= 15 is 0 Å². The van der Waals surface area contributed by atoms with Crippen molar-refractivity contribution in [2.75, 3.05) is 0 Å². The second-order valence-electron chi connectivity index (χ2n) is 26.6. The number of nitrogens with zero attached hydrogens (tertiary/aromatic N) is 22. The number of aromatic nitrogens is 22. The van der Waals surface area contributed by atoms with Crippen LogP contribution in [0.2, 0.25) is 0 Å². The van der Waals surface area contributed by atoms with Crippen LogP contribution in [0.3, 0.4) is 0 Å². The van der Waals surface area contributed by atoms with E-state index in [1.807, 2.05) is 137 Å². The Morgan fingerprint density at radius 1 is 0.393 bits per heavy atom. The SMILES string of the molecule is [2H]C([2H])([2H])[n+]1c2n(c3c4cnccc4n(-c4ccccc4)c31)Cc1cnccc1-2.[2H]C([2H])([2H])[n+]1c2n(c3c4cnccc4n(C)c31)Cc1cnccc1-2.[2H]C([2H])([2H])[n+]1c2n(c3c4cnccc4oc31)Cc1cnccc1-2.[2H]C([2H])([2H])[n+]1c2n(c3c4cnccc4sc31)Cc1cnccc1-2.[2H]C([2H])([2H])n1c2cnccc2c2sc3[n+](c21)Cc1cnccc1-3. The summed E-state index contributed by atoms with van der Waals surface area (Å²) < 4.78 is 150. The van der Waals surface area contributed by atoms with Crippen molar-refractivity contribution in [1.82, 2.24) is 81.8 Å². The van der Waals surface area contributed by atoms with Crippen molar-refractivity contribution in [3.8, 4) is 61.8 Å². The van der Waals surface area contributed by atoms with Gasteiger partial charge in [-0.1, -0.05) is 40.9 Å². The van der Waals surface area contributed by atoms with Gasteiger partial charge in [0.1, 0.15) is 46.6 Å². The second kappa shape index (κ2) is 23.1. The summed E-state index contributed by atoms with van der Waals surface area (Å²) in [5.74, 6) is 2.75. The van der Waals surface area contributed by atoms with Crippen molar-refractivity contribution in [3.05, 3.63) is 243 Å². The lowest BCUT2D eigenvalue weighted by Crippen LogP contribution is -2.32. The van der Waals surface area contributed by atoms with E-state index in [0.717, 1.165) is 152 Å². The van der Waals surface area contributed by atoms with Crippen LogP contribution in [0, 0.1) is 0 Å². The molecule has 0 amide bonds. The fraction of sp³-hybridized carbons (Fsp3) is 0.134. The number of aryl methyl sites for hydroxylation is 6. The molecule has 0 spiro atoms. The number of rotatable bonds is 1. The molecule has 0 saturated carbocycles. The van der Waals surface area contributed by atoms with Gasteiger partial charge in [0, 0.05) is 162 Å². The molecule has 20 aromatic heterocycles. The highest BCUT2D eigenvalue weighted by Gasteiger charge is 2.41. The number of thiophene rings is 1. The first-order valence-electron chi connectivity index (χ1n) is 41.7. The Morgan fingerprint density at radius 2 is 0.888 bits per heavy atom. The van der Waals surface area contributed by atoms with Gasteiger partial charge in [0.2, 0.25) is 22.0 Å². The minimum Gasteiger partial charge on any atom is -0.419 e. The van der Waals surface area contributed by atoms with Gasteiger partial charge in [0.05, 0.1) is 131 Å². The molecular weight excluding hydrogens is 1370 g/mol. The normalized spacial score (nSPS) is 15.6. The second-order valence-corrected chi connectivity index (χ2v) is 28.7. The van der Waals surface area contributed by atoms with Crippen molar-refractivity contribution in [3.63, 3.8) is 0 Å². The quantitative estimate of drug-likeness (QED) is 0.142. The molecule has 25 heterocycles. The number of fused-ring (bicyclic) bond motifs is 35. The number of imidazole rings is 4. The van der Waals surface area contributed by atoms with Gasteiger partial charge in [0.25, 0.3) is 22.9 Å². The Labute approximate surface area is 636 Å². The molecule has 5 aliphatic rings. The number of thiazole rings is 1. The minimum atomic E-state index is -2.35. The smallest absolute Gasteiger partial charge is 0.339 e. The molecule has 5 aliphatic heterocycles. The average Bonchev–Trinajstić information content (AvgIpc) is 1.60. The van der Waals surface area contributed by atoms with Crippen molar-refractivity contribution >= 4 is 131 Å². The average molecular weight is 1450 g/mol. The van der Waals surface area contributed by atoms with Gasteiger partial charge in [-0.2, -0.15) is 4.57 Å². The lowest BCUT2D eigenvalue weighted by Gasteiger charge is -2.03. The Morgan fingerprint density at radius 3 is 1.53 bits per heavy atom. The van der Waals surface area contributed by atoms with Crippen LogP contribution in [0.5, 0.6) is 0 Å². The molecular formula is C82H63N22OS2+5. The summed E-state index contributed by atoms with van der Waals surface area (Å²) in [5.41, 5.74) is 20.0. The molecule has 0 fully saturated rings. The summed E-state index contributed by atoms with van der Waals surface area (Å²) in [6.07, 6.45) is 34.9. The van der Waals surface area contributed by atoms with E-state index in [1.165, 1.54) is 34.2 Å². The van der Waals surface area contributed by atoms with Gasteiger partial charge in [-0.15, -0.1) is 0 Å². The largest absolute Gasteiger partial charge is 0.419 e. The summed E-state index contributed by atoms with van der Waals surface area (Å²) in [7, 11) is 1.90. The molecule has 514 valence electrons. The molecule has 107 heavy (non-hydrogen) atoms. The molecule has 25 heteroatoms. The van der Waals surface area contributed by atoms with Gasteiger partial charge < -0.3 is 4.42 Å². The first-order chi connectivity index (χ1) is 58.7. The number of hydrogen-bond donors (Lipinski definition) is 0. The van der Waals surface area contributed by atoms with Crippen LogP contribution in [0.25, 0.3) is 170 Å². The predicted octanol–water partition coefficient (Wildman–Crippen LogP) is 12.0. The van der Waals surface area contributed by atoms with Gasteiger partial charge in [0.15, 0.2) is 27.1 Å². The van der Waals surface area contributed by atoms with Crippen molar-refractivity contribution in [1.29, 1.82) is 0 Å². The Balaban J connectivity index is 0.0000000914. The fourth-order valence-electron chi connectivity index (χ4n) is 16.6. The minimum absolute atomic E-state index is 0.352. The van der Waals surface area contributed by atoms with Crippen LogP contribution in [0.15, 0.2) is 219 Å². The molecule has 1 aromatic carbocycles. The molecule has 0 saturated heterocycles. The fourth-order valence-corrected chi connectivity index (χ4v) is 19.0. The molecule has 0 atom stereocenters. The lowest BCUT2D eigenvalue weighted by atomic mass is 10.2. The maximum absolute atomic E-state index is 8.35. The number of pyridine rings is 10. The molecule has 0 aliphatic carbocycles. The van der Waals surface area contributed by atoms with Crippen LogP contribution < -0.4 is 22.8 Å². The topological polar surface area (TPSA) is 196 Å². The molecule has 23 nitrogen and oxygen atoms in total. The molecule has 0 radical (unpaired) electrons. The maximum Gasteiger partial charge on any atom is 0.339 e. The summed E-state index contributed by atoms with van der Waals surface area (Å²) in [6.45, 7) is -8.40. The molecule has 21 aromatic rings. The van der Waals surface area contributed by atoms with E-state index < -0.39 is 34.9 Å². The molecule has 0 N–H and O–H groups in total. The zero-order valence-corrected chi connectivity index (χ0v) is 57.9. The van der Waals surface area contributed by atoms with Crippen LogP contribution in [-0.2, 0) is 74.7 Å². The van der Waals surface area contributed by atoms with Crippen LogP contribution in [0.4, 0.5) is 0 Å². The standard InChI is InChI=1S/C21H16N5.C16H14N5.C15H11N4O.2C15H11N4S/c1-24-20-16-7-9-22-11-14(16)13-25(20)19-17-12-23-10-8-18(17)26(21(19)24)15-5-3-2-4-6-15;1-19-13-4-6-18-8-12(13)14-16(19)20(2)15-11-3-5-17-7-10(11)9-21(14)15;2*1-18-14-10-2-4-16-6-9(10)8-19(14)13-11-7-17-5-3-12(11)20-15(13)18;1-18-12-7-17-5-3-11(12)13-14(18)19-8-9-6-16-4-2-10(9)15(19)20-13/h2-12H,13H2,1H3;3-8H,9H2,1-2H3;3*2-7H,8H2,1H3/q5*+1/i1D3;2D3;3*1D3. The number of para-hydroxylation sites is 1. The summed E-state index contributed by atoms with van der Waals surface area (Å²) in [4.78, 5) is 42.7. The van der Waals surface area contributed by atoms with Crippen LogP contribution in [-0.4, -0.2) is 81.8 Å². The molecule has 26 rings (SSSR count). The monoisotopic (exact) mass is 1450 g/mol. The van der Waals surface area contributed by atoms with Gasteiger partial charge in [-0.05, 0) is 66.7 Å². The summed E-state index contributed by atoms with van der Waals surface area (Å²) in [6, 6.07) is 28.8. The summed E-state index contributed by atoms with van der Waals surface area (Å²) >= 11 is 3.13. The Kier molecular flexibility index (Phi) is 10.3. The maximum atomic E-state index is 8.35. The Hall–Kier alpha value is -13.4. The Bertz CT molecular complexity index is 7810. The van der Waals surface area contributed by atoms with E-state index in [9.17, 15) is 0 Å². The van der Waals surface area contributed by atoms with E-state index in [2.05, 4.69) is 68.1 Å². The van der Waals surface area contributed by atoms with E-state index in [1.54, 1.807) is 110 Å². The van der Waals surface area contributed by atoms with E-state index in [4.69, 9.17) is 25.0 Å². The van der Waals surface area contributed by atoms with Gasteiger partial charge in [-0.25, -0.2) is 45.7 Å². The molecule has 0 unspecified atom stereocenters.